The van der Waals surface area contributed by atoms with E-state index in [1.165, 1.54) is 17.0 Å². The molecule has 2 heterocycles. The van der Waals surface area contributed by atoms with Gasteiger partial charge in [-0.2, -0.15) is 0 Å². The summed E-state index contributed by atoms with van der Waals surface area (Å²) >= 11 is 0. The number of hydrogen-bond acceptors (Lipinski definition) is 5. The molecule has 5 aromatic rings. The predicted molar refractivity (Wildman–Crippen MR) is 164 cm³/mol. The maximum atomic E-state index is 11.5. The number of rotatable bonds is 2. The normalized spacial score (nSPS) is 12.7. The summed E-state index contributed by atoms with van der Waals surface area (Å²) in [5, 5.41) is 13.9. The maximum absolute atomic E-state index is 11.5. The van der Waals surface area contributed by atoms with Crippen LogP contribution in [0.2, 0.25) is 0 Å². The molecule has 0 fully saturated rings. The molecular weight excluding hydrogens is 689 g/mol. The monoisotopic (exact) mass is 728 g/mol. The quantitative estimate of drug-likeness (QED) is 0.111. The molecule has 2 aromatic heterocycles. The Labute approximate surface area is 256 Å². The Hall–Kier alpha value is -3.34. The van der Waals surface area contributed by atoms with Gasteiger partial charge in [0.25, 0.3) is 0 Å². The molecule has 0 aliphatic heterocycles. The van der Waals surface area contributed by atoms with Crippen LogP contribution in [0.3, 0.4) is 0 Å². The van der Waals surface area contributed by atoms with E-state index in [0.717, 1.165) is 33.0 Å². The zero-order valence-electron chi connectivity index (χ0n) is 25.3. The van der Waals surface area contributed by atoms with Gasteiger partial charge in [-0.05, 0) is 22.3 Å². The van der Waals surface area contributed by atoms with Gasteiger partial charge in [0.2, 0.25) is 5.71 Å². The molecule has 0 saturated heterocycles. The van der Waals surface area contributed by atoms with Gasteiger partial charge in [-0.15, -0.1) is 35.4 Å². The third-order valence-electron chi connectivity index (χ3n) is 6.87. The zero-order chi connectivity index (χ0) is 29.5. The van der Waals surface area contributed by atoms with Crippen molar-refractivity contribution in [2.45, 2.75) is 67.7 Å². The summed E-state index contributed by atoms with van der Waals surface area (Å²) in [6.45, 7) is 17.7. The minimum absolute atomic E-state index is 0. The molecule has 0 bridgehead atoms. The number of allylic oxidation sites excluding steroid dienone is 2. The van der Waals surface area contributed by atoms with E-state index in [-0.39, 0.29) is 42.5 Å². The van der Waals surface area contributed by atoms with Gasteiger partial charge >= 0.3 is 0 Å². The number of aliphatic hydroxyl groups is 1. The van der Waals surface area contributed by atoms with Gasteiger partial charge in [0, 0.05) is 53.5 Å². The Morgan fingerprint density at radius 3 is 2.12 bits per heavy atom. The standard InChI is InChI=1S/C24H19N2O.C11H20O2.Ir/c1-24(2,3)17-11-8-16(9-12-17)22-21-20-18-7-5-4-6-15(18)10-13-19(20)27-23(21)26-14-25-22;1-10(2,3)8(12)7-9(13)11(4,5)6;/h4-8,10-14H,1-3H3;7,12H,1-6H3;/q-1;;/b;8-7-;. The van der Waals surface area contributed by atoms with Crippen LogP contribution >= 0.6 is 0 Å². The second kappa shape index (κ2) is 11.9. The van der Waals surface area contributed by atoms with Crippen molar-refractivity contribution >= 4 is 38.6 Å². The van der Waals surface area contributed by atoms with E-state index >= 15 is 0 Å². The van der Waals surface area contributed by atoms with Crippen molar-refractivity contribution in [2.24, 2.45) is 10.8 Å². The first-order valence-corrected chi connectivity index (χ1v) is 13.6. The number of hydrogen-bond donors (Lipinski definition) is 1. The number of ketones is 1. The smallest absolute Gasteiger partial charge is 0.221 e. The fourth-order valence-electron chi connectivity index (χ4n) is 4.17. The molecule has 0 amide bonds. The van der Waals surface area contributed by atoms with E-state index in [1.54, 1.807) is 6.33 Å². The number of benzene rings is 3. The van der Waals surface area contributed by atoms with Crippen molar-refractivity contribution in [1.82, 2.24) is 9.97 Å². The van der Waals surface area contributed by atoms with E-state index in [9.17, 15) is 9.90 Å². The van der Waals surface area contributed by atoms with Crippen molar-refractivity contribution in [3.05, 3.63) is 84.4 Å². The second-order valence-corrected chi connectivity index (χ2v) is 13.3. The van der Waals surface area contributed by atoms with Crippen LogP contribution in [0.4, 0.5) is 0 Å². The van der Waals surface area contributed by atoms with Crippen molar-refractivity contribution in [3.63, 3.8) is 0 Å². The Bertz CT molecular complexity index is 1710. The average molecular weight is 728 g/mol. The van der Waals surface area contributed by atoms with Crippen LogP contribution in [0.1, 0.15) is 67.9 Å². The Morgan fingerprint density at radius 2 is 1.54 bits per heavy atom. The van der Waals surface area contributed by atoms with E-state index in [4.69, 9.17) is 4.42 Å². The van der Waals surface area contributed by atoms with Crippen LogP contribution < -0.4 is 0 Å². The first kappa shape index (κ1) is 32.2. The SMILES string of the molecule is CC(C)(C)C(=O)/C=C(\O)C(C)(C)C.CC(C)(C)c1c[c-]c(-c2ncnc3oc4ccc5ccccc5c4c23)cc1.[Ir]. The van der Waals surface area contributed by atoms with E-state index < -0.39 is 5.41 Å². The molecule has 0 aliphatic rings. The number of fused-ring (bicyclic) bond motifs is 5. The average Bonchev–Trinajstić information content (AvgIpc) is 3.27. The Morgan fingerprint density at radius 1 is 0.854 bits per heavy atom. The maximum Gasteiger partial charge on any atom is 0.221 e. The summed E-state index contributed by atoms with van der Waals surface area (Å²) in [5.74, 6) is 0.104. The first-order chi connectivity index (χ1) is 18.6. The molecule has 6 heteroatoms. The molecule has 0 spiro atoms. The summed E-state index contributed by atoms with van der Waals surface area (Å²) in [6.07, 6.45) is 2.90. The van der Waals surface area contributed by atoms with Gasteiger partial charge in [0.1, 0.15) is 17.7 Å². The number of carbonyl (C=O) groups excluding carboxylic acids is 1. The molecule has 41 heavy (non-hydrogen) atoms. The van der Waals surface area contributed by atoms with Crippen LogP contribution in [-0.4, -0.2) is 20.9 Å². The number of furan rings is 1. The van der Waals surface area contributed by atoms with Gasteiger partial charge in [-0.3, -0.25) is 9.78 Å². The predicted octanol–water partition coefficient (Wildman–Crippen LogP) is 9.38. The zero-order valence-corrected chi connectivity index (χ0v) is 27.7. The van der Waals surface area contributed by atoms with Crippen LogP contribution in [0.15, 0.2) is 77.2 Å². The largest absolute Gasteiger partial charge is 0.512 e. The molecule has 3 aromatic carbocycles. The van der Waals surface area contributed by atoms with Crippen LogP contribution in [0, 0.1) is 16.9 Å². The van der Waals surface area contributed by atoms with Gasteiger partial charge in [0.05, 0.1) is 0 Å². The van der Waals surface area contributed by atoms with Crippen LogP contribution in [0.25, 0.3) is 44.1 Å². The molecule has 0 aliphatic carbocycles. The first-order valence-electron chi connectivity index (χ1n) is 13.6. The van der Waals surface area contributed by atoms with Crippen molar-refractivity contribution in [1.29, 1.82) is 0 Å². The van der Waals surface area contributed by atoms with E-state index in [2.05, 4.69) is 73.2 Å². The molecule has 0 saturated carbocycles. The molecule has 0 atom stereocenters. The van der Waals surface area contributed by atoms with E-state index in [1.807, 2.05) is 59.7 Å². The van der Waals surface area contributed by atoms with Crippen LogP contribution in [-0.2, 0) is 30.3 Å². The molecule has 5 rings (SSSR count). The molecule has 1 N–H and O–H groups in total. The summed E-state index contributed by atoms with van der Waals surface area (Å²) in [6, 6.07) is 22.1. The third-order valence-corrected chi connectivity index (χ3v) is 6.87. The van der Waals surface area contributed by atoms with Gasteiger partial charge in [0.15, 0.2) is 5.78 Å². The number of carbonyl (C=O) groups is 1. The fourth-order valence-corrected chi connectivity index (χ4v) is 4.17. The van der Waals surface area contributed by atoms with Crippen molar-refractivity contribution < 1.29 is 34.4 Å². The Kier molecular flexibility index (Phi) is 9.32. The molecule has 1 radical (unpaired) electrons. The number of nitrogens with zero attached hydrogens (tertiary/aromatic N) is 2. The number of aliphatic hydroxyl groups excluding tert-OH is 1. The van der Waals surface area contributed by atoms with Gasteiger partial charge in [-0.1, -0.05) is 92.6 Å². The van der Waals surface area contributed by atoms with Gasteiger partial charge in [-0.25, -0.2) is 4.98 Å². The van der Waals surface area contributed by atoms with E-state index in [0.29, 0.717) is 5.71 Å². The van der Waals surface area contributed by atoms with Gasteiger partial charge < -0.3 is 9.52 Å². The number of aromatic nitrogens is 2. The second-order valence-electron chi connectivity index (χ2n) is 13.3. The molecular formula is C35H39IrN2O3-. The molecule has 217 valence electrons. The summed E-state index contributed by atoms with van der Waals surface area (Å²) in [7, 11) is 0. The summed E-state index contributed by atoms with van der Waals surface area (Å²) < 4.78 is 6.04. The third kappa shape index (κ3) is 7.12. The van der Waals surface area contributed by atoms with Crippen molar-refractivity contribution in [2.75, 3.05) is 0 Å². The topological polar surface area (TPSA) is 76.2 Å². The summed E-state index contributed by atoms with van der Waals surface area (Å²) in [4.78, 5) is 20.5. The Balaban J connectivity index is 0.000000284. The molecule has 0 unspecified atom stereocenters. The minimum Gasteiger partial charge on any atom is -0.512 e. The summed E-state index contributed by atoms with van der Waals surface area (Å²) in [5.41, 5.74) is 3.83. The molecule has 5 nitrogen and oxygen atoms in total. The van der Waals surface area contributed by atoms with Crippen molar-refractivity contribution in [3.8, 4) is 11.3 Å². The minimum atomic E-state index is -0.417. The fraction of sp³-hybridized carbons (Fsp3) is 0.343. The van der Waals surface area contributed by atoms with Crippen LogP contribution in [0.5, 0.6) is 0 Å².